The van der Waals surface area contributed by atoms with E-state index < -0.39 is 10.9 Å². The number of fused-ring (bicyclic) bond motifs is 1. The second-order valence-corrected chi connectivity index (χ2v) is 5.87. The molecule has 0 unspecified atom stereocenters. The highest BCUT2D eigenvalue weighted by Crippen LogP contribution is 2.21. The maximum atomic E-state index is 12.1. The lowest BCUT2D eigenvalue weighted by atomic mass is 10.2. The van der Waals surface area contributed by atoms with Gasteiger partial charge in [-0.2, -0.15) is 0 Å². The number of nitrogens with one attached hydrogen (secondary N) is 1. The zero-order chi connectivity index (χ0) is 19.2. The molecule has 1 heterocycles. The molecule has 2 aromatic carbocycles. The van der Waals surface area contributed by atoms with Crippen molar-refractivity contribution in [1.29, 1.82) is 0 Å². The van der Waals surface area contributed by atoms with Gasteiger partial charge in [-0.05, 0) is 17.7 Å². The number of hydrogen-bond acceptors (Lipinski definition) is 5. The first-order valence-corrected chi connectivity index (χ1v) is 8.22. The van der Waals surface area contributed by atoms with Crippen molar-refractivity contribution in [1.82, 2.24) is 9.88 Å². The third-order valence-electron chi connectivity index (χ3n) is 3.95. The molecule has 1 amide bonds. The first-order valence-electron chi connectivity index (χ1n) is 8.22. The highest BCUT2D eigenvalue weighted by molar-refractivity contribution is 5.86. The molecule has 0 aliphatic rings. The molecule has 8 heteroatoms. The molecule has 0 saturated heterocycles. The molecule has 1 N–H and O–H groups in total. The van der Waals surface area contributed by atoms with Crippen LogP contribution < -0.4 is 5.32 Å². The van der Waals surface area contributed by atoms with Gasteiger partial charge in [0.1, 0.15) is 19.7 Å². The smallest absolute Gasteiger partial charge is 0.325 e. The van der Waals surface area contributed by atoms with Crippen LogP contribution in [0.4, 0.5) is 5.69 Å². The molecular formula is C19H17N3O5. The SMILES string of the molecule is O=C(Cn1ccc2cc([N+](=O)[O-])ccc21)NCC(=O)OCc1ccccc1. The number of esters is 1. The number of hydrogen-bond donors (Lipinski definition) is 1. The normalized spacial score (nSPS) is 10.5. The minimum Gasteiger partial charge on any atom is -0.460 e. The number of non-ortho nitro benzene ring substituents is 1. The lowest BCUT2D eigenvalue weighted by Gasteiger charge is -2.08. The minimum absolute atomic E-state index is 0.00667. The number of carbonyl (C=O) groups is 2. The van der Waals surface area contributed by atoms with E-state index >= 15 is 0 Å². The number of carbonyl (C=O) groups excluding carboxylic acids is 2. The summed E-state index contributed by atoms with van der Waals surface area (Å²) in [5.41, 5.74) is 1.55. The quantitative estimate of drug-likeness (QED) is 0.392. The average molecular weight is 367 g/mol. The summed E-state index contributed by atoms with van der Waals surface area (Å²) >= 11 is 0. The Hall–Kier alpha value is -3.68. The highest BCUT2D eigenvalue weighted by Gasteiger charge is 2.12. The lowest BCUT2D eigenvalue weighted by molar-refractivity contribution is -0.384. The zero-order valence-electron chi connectivity index (χ0n) is 14.3. The molecule has 0 fully saturated rings. The number of aromatic nitrogens is 1. The summed E-state index contributed by atoms with van der Waals surface area (Å²) < 4.78 is 6.75. The number of amides is 1. The van der Waals surface area contributed by atoms with Crippen LogP contribution in [0.1, 0.15) is 5.56 Å². The van der Waals surface area contributed by atoms with Crippen LogP contribution in [0.2, 0.25) is 0 Å². The molecule has 1 aromatic heterocycles. The molecule has 0 saturated carbocycles. The summed E-state index contributed by atoms with van der Waals surface area (Å²) in [4.78, 5) is 34.1. The monoisotopic (exact) mass is 367 g/mol. The van der Waals surface area contributed by atoms with E-state index in [0.29, 0.717) is 10.9 Å². The summed E-state index contributed by atoms with van der Waals surface area (Å²) in [6.07, 6.45) is 1.67. The third-order valence-corrected chi connectivity index (χ3v) is 3.95. The fourth-order valence-electron chi connectivity index (χ4n) is 2.61. The van der Waals surface area contributed by atoms with Crippen LogP contribution in [0.3, 0.4) is 0 Å². The Morgan fingerprint density at radius 1 is 1.11 bits per heavy atom. The van der Waals surface area contributed by atoms with Crippen LogP contribution in [0, 0.1) is 10.1 Å². The van der Waals surface area contributed by atoms with E-state index in [-0.39, 0.29) is 31.3 Å². The molecule has 0 aliphatic heterocycles. The van der Waals surface area contributed by atoms with Gasteiger partial charge in [-0.25, -0.2) is 0 Å². The summed E-state index contributed by atoms with van der Waals surface area (Å²) in [6.45, 7) is -0.0832. The molecular weight excluding hydrogens is 350 g/mol. The standard InChI is InChI=1S/C19H17N3O5/c23-18(20-11-19(24)27-13-14-4-2-1-3-5-14)12-21-9-8-15-10-16(22(25)26)6-7-17(15)21/h1-10H,11-13H2,(H,20,23). The second kappa shape index (κ2) is 8.13. The summed E-state index contributed by atoms with van der Waals surface area (Å²) in [5, 5.41) is 14.0. The predicted octanol–water partition coefficient (Wildman–Crippen LogP) is 2.41. The number of ether oxygens (including phenoxy) is 1. The molecule has 27 heavy (non-hydrogen) atoms. The number of rotatable bonds is 7. The van der Waals surface area contributed by atoms with Crippen LogP contribution in [0.15, 0.2) is 60.8 Å². The number of benzene rings is 2. The topological polar surface area (TPSA) is 103 Å². The average Bonchev–Trinajstić information content (AvgIpc) is 3.07. The van der Waals surface area contributed by atoms with Crippen molar-refractivity contribution in [3.63, 3.8) is 0 Å². The molecule has 0 spiro atoms. The molecule has 0 aliphatic carbocycles. The van der Waals surface area contributed by atoms with Gasteiger partial charge in [0.25, 0.3) is 5.69 Å². The first kappa shape index (κ1) is 18.1. The summed E-state index contributed by atoms with van der Waals surface area (Å²) in [6, 6.07) is 15.4. The second-order valence-electron chi connectivity index (χ2n) is 5.87. The van der Waals surface area contributed by atoms with Gasteiger partial charge < -0.3 is 14.6 Å². The fraction of sp³-hybridized carbons (Fsp3) is 0.158. The van der Waals surface area contributed by atoms with Crippen molar-refractivity contribution in [3.05, 3.63) is 76.5 Å². The Morgan fingerprint density at radius 3 is 2.63 bits per heavy atom. The molecule has 138 valence electrons. The molecule has 3 rings (SSSR count). The molecule has 0 bridgehead atoms. The van der Waals surface area contributed by atoms with E-state index in [2.05, 4.69) is 5.32 Å². The van der Waals surface area contributed by atoms with Crippen LogP contribution in [-0.2, 0) is 27.5 Å². The Labute approximate surface area is 154 Å². The molecule has 8 nitrogen and oxygen atoms in total. The number of nitro groups is 1. The van der Waals surface area contributed by atoms with Crippen LogP contribution >= 0.6 is 0 Å². The minimum atomic E-state index is -0.528. The van der Waals surface area contributed by atoms with E-state index in [1.54, 1.807) is 22.9 Å². The molecule has 0 atom stereocenters. The van der Waals surface area contributed by atoms with E-state index in [0.717, 1.165) is 5.56 Å². The van der Waals surface area contributed by atoms with E-state index in [9.17, 15) is 19.7 Å². The van der Waals surface area contributed by atoms with Crippen LogP contribution in [0.25, 0.3) is 10.9 Å². The number of nitrogens with zero attached hydrogens (tertiary/aromatic N) is 2. The zero-order valence-corrected chi connectivity index (χ0v) is 14.3. The Morgan fingerprint density at radius 2 is 1.89 bits per heavy atom. The third kappa shape index (κ3) is 4.69. The lowest BCUT2D eigenvalue weighted by Crippen LogP contribution is -2.33. The van der Waals surface area contributed by atoms with E-state index in [1.165, 1.54) is 12.1 Å². The van der Waals surface area contributed by atoms with Crippen LogP contribution in [0.5, 0.6) is 0 Å². The summed E-state index contributed by atoms with van der Waals surface area (Å²) in [5.74, 6) is -0.886. The Bertz CT molecular complexity index is 981. The van der Waals surface area contributed by atoms with Gasteiger partial charge in [-0.3, -0.25) is 19.7 Å². The molecule has 3 aromatic rings. The number of nitro benzene ring substituents is 1. The van der Waals surface area contributed by atoms with Gasteiger partial charge in [0.15, 0.2) is 0 Å². The fourth-order valence-corrected chi connectivity index (χ4v) is 2.61. The van der Waals surface area contributed by atoms with Crippen molar-refractivity contribution in [2.75, 3.05) is 6.54 Å². The van der Waals surface area contributed by atoms with Gasteiger partial charge >= 0.3 is 5.97 Å². The van der Waals surface area contributed by atoms with Gasteiger partial charge in [0.2, 0.25) is 5.91 Å². The van der Waals surface area contributed by atoms with Crippen LogP contribution in [-0.4, -0.2) is 27.9 Å². The Balaban J connectivity index is 1.51. The van der Waals surface area contributed by atoms with Gasteiger partial charge in [0.05, 0.1) is 4.92 Å². The summed E-state index contributed by atoms with van der Waals surface area (Å²) in [7, 11) is 0. The maximum Gasteiger partial charge on any atom is 0.325 e. The van der Waals surface area contributed by atoms with Gasteiger partial charge in [0, 0.05) is 29.2 Å². The van der Waals surface area contributed by atoms with E-state index in [1.807, 2.05) is 30.3 Å². The van der Waals surface area contributed by atoms with Crippen molar-refractivity contribution >= 4 is 28.5 Å². The van der Waals surface area contributed by atoms with Crippen molar-refractivity contribution in [2.24, 2.45) is 0 Å². The maximum absolute atomic E-state index is 12.1. The van der Waals surface area contributed by atoms with E-state index in [4.69, 9.17) is 4.74 Å². The van der Waals surface area contributed by atoms with Crippen molar-refractivity contribution in [3.8, 4) is 0 Å². The van der Waals surface area contributed by atoms with Gasteiger partial charge in [-0.1, -0.05) is 30.3 Å². The van der Waals surface area contributed by atoms with Crippen molar-refractivity contribution in [2.45, 2.75) is 13.2 Å². The Kier molecular flexibility index (Phi) is 5.46. The van der Waals surface area contributed by atoms with Crippen molar-refractivity contribution < 1.29 is 19.2 Å². The van der Waals surface area contributed by atoms with Gasteiger partial charge in [-0.15, -0.1) is 0 Å². The highest BCUT2D eigenvalue weighted by atomic mass is 16.6. The first-order chi connectivity index (χ1) is 13.0. The largest absolute Gasteiger partial charge is 0.460 e. The molecule has 0 radical (unpaired) electrons. The predicted molar refractivity (Wildman–Crippen MR) is 97.8 cm³/mol.